The van der Waals surface area contributed by atoms with Gasteiger partial charge in [-0.1, -0.05) is 11.6 Å². The third-order valence-corrected chi connectivity index (χ3v) is 3.74. The lowest BCUT2D eigenvalue weighted by molar-refractivity contribution is 0.0949. The number of fused-ring (bicyclic) bond motifs is 1. The summed E-state index contributed by atoms with van der Waals surface area (Å²) in [6, 6.07) is 3.67. The van der Waals surface area contributed by atoms with Crippen molar-refractivity contribution in [2.24, 2.45) is 0 Å². The van der Waals surface area contributed by atoms with Crippen LogP contribution in [0.15, 0.2) is 18.2 Å². The average molecular weight is 325 g/mol. The largest absolute Gasteiger partial charge is 0.379 e. The summed E-state index contributed by atoms with van der Waals surface area (Å²) < 4.78 is 20.5. The first-order valence-corrected chi connectivity index (χ1v) is 7.25. The molecule has 0 atom stereocenters. The molecule has 116 valence electrons. The summed E-state index contributed by atoms with van der Waals surface area (Å²) in [5.41, 5.74) is 0.0978. The Balaban J connectivity index is 1.71. The van der Waals surface area contributed by atoms with Crippen molar-refractivity contribution in [1.29, 1.82) is 0 Å². The van der Waals surface area contributed by atoms with Gasteiger partial charge in [-0.25, -0.2) is 4.39 Å². The quantitative estimate of drug-likeness (QED) is 0.930. The van der Waals surface area contributed by atoms with Gasteiger partial charge in [0.2, 0.25) is 0 Å². The Morgan fingerprint density at radius 1 is 1.41 bits per heavy atom. The lowest BCUT2D eigenvalue weighted by Gasteiger charge is -2.09. The molecule has 0 aliphatic carbocycles. The Labute approximate surface area is 131 Å². The fourth-order valence-electron chi connectivity index (χ4n) is 2.29. The summed E-state index contributed by atoms with van der Waals surface area (Å²) >= 11 is 5.91. The fourth-order valence-corrected chi connectivity index (χ4v) is 2.50. The molecule has 1 aromatic heterocycles. The number of carbonyl (C=O) groups excluding carboxylic acids is 1. The van der Waals surface area contributed by atoms with Crippen molar-refractivity contribution in [1.82, 2.24) is 20.1 Å². The van der Waals surface area contributed by atoms with Crippen LogP contribution in [-0.4, -0.2) is 33.9 Å². The van der Waals surface area contributed by atoms with Crippen LogP contribution in [0.25, 0.3) is 0 Å². The minimum absolute atomic E-state index is 0.0978. The van der Waals surface area contributed by atoms with Gasteiger partial charge in [0.25, 0.3) is 5.91 Å². The lowest BCUT2D eigenvalue weighted by Crippen LogP contribution is -2.25. The summed E-state index contributed by atoms with van der Waals surface area (Å²) in [5, 5.41) is 11.1. The molecule has 1 N–H and O–H groups in total. The topological polar surface area (TPSA) is 69.0 Å². The smallest absolute Gasteiger partial charge is 0.253 e. The number of benzene rings is 1. The van der Waals surface area contributed by atoms with Gasteiger partial charge in [0.05, 0.1) is 30.3 Å². The molecule has 0 radical (unpaired) electrons. The predicted molar refractivity (Wildman–Crippen MR) is 77.1 cm³/mol. The second-order valence-electron chi connectivity index (χ2n) is 4.85. The van der Waals surface area contributed by atoms with Gasteiger partial charge in [0, 0.05) is 13.0 Å². The van der Waals surface area contributed by atoms with E-state index < -0.39 is 11.7 Å². The number of nitrogens with one attached hydrogen (secondary N) is 1. The van der Waals surface area contributed by atoms with Crippen molar-refractivity contribution in [3.63, 3.8) is 0 Å². The number of hydrogen-bond acceptors (Lipinski definition) is 4. The molecular formula is C14H14ClFN4O2. The first kappa shape index (κ1) is 14.9. The summed E-state index contributed by atoms with van der Waals surface area (Å²) in [7, 11) is 0. The molecular weight excluding hydrogens is 311 g/mol. The van der Waals surface area contributed by atoms with Crippen molar-refractivity contribution in [3.05, 3.63) is 46.3 Å². The Bertz CT molecular complexity index is 704. The van der Waals surface area contributed by atoms with Crippen LogP contribution in [0.3, 0.4) is 0 Å². The van der Waals surface area contributed by atoms with E-state index in [0.717, 1.165) is 11.9 Å². The van der Waals surface area contributed by atoms with Gasteiger partial charge in [-0.2, -0.15) is 0 Å². The highest BCUT2D eigenvalue weighted by atomic mass is 35.5. The molecule has 6 nitrogen and oxygen atoms in total. The highest BCUT2D eigenvalue weighted by molar-refractivity contribution is 6.33. The highest BCUT2D eigenvalue weighted by Crippen LogP contribution is 2.17. The van der Waals surface area contributed by atoms with Crippen LogP contribution in [0.1, 0.15) is 22.0 Å². The standard InChI is InChI=1S/C14H14ClFN4O2/c15-11-2-1-9(16)7-10(11)14(21)17-8-13-19-18-12-3-5-22-6-4-20(12)13/h1-2,7H,3-6,8H2,(H,17,21). The molecule has 1 amide bonds. The molecule has 0 spiro atoms. The van der Waals surface area contributed by atoms with Gasteiger partial charge in [0.1, 0.15) is 11.6 Å². The minimum atomic E-state index is -0.511. The van der Waals surface area contributed by atoms with Crippen LogP contribution in [0.4, 0.5) is 4.39 Å². The van der Waals surface area contributed by atoms with Crippen molar-refractivity contribution in [3.8, 4) is 0 Å². The number of nitrogens with zero attached hydrogens (tertiary/aromatic N) is 3. The van der Waals surface area contributed by atoms with Crippen molar-refractivity contribution >= 4 is 17.5 Å². The van der Waals surface area contributed by atoms with E-state index in [1.807, 2.05) is 4.57 Å². The van der Waals surface area contributed by atoms with Crippen molar-refractivity contribution in [2.45, 2.75) is 19.5 Å². The third-order valence-electron chi connectivity index (χ3n) is 3.41. The molecule has 2 aromatic rings. The zero-order chi connectivity index (χ0) is 15.5. The normalized spacial score (nSPS) is 14.3. The van der Waals surface area contributed by atoms with E-state index >= 15 is 0 Å². The Morgan fingerprint density at radius 2 is 2.27 bits per heavy atom. The summed E-state index contributed by atoms with van der Waals surface area (Å²) in [5.74, 6) is 0.515. The fraction of sp³-hybridized carbons (Fsp3) is 0.357. The Morgan fingerprint density at radius 3 is 3.14 bits per heavy atom. The number of rotatable bonds is 3. The maximum Gasteiger partial charge on any atom is 0.253 e. The van der Waals surface area contributed by atoms with Gasteiger partial charge in [0.15, 0.2) is 5.82 Å². The van der Waals surface area contributed by atoms with Crippen LogP contribution in [-0.2, 0) is 24.2 Å². The maximum absolute atomic E-state index is 13.2. The molecule has 1 aliphatic rings. The summed E-state index contributed by atoms with van der Waals surface area (Å²) in [6.07, 6.45) is 0.691. The average Bonchev–Trinajstić information content (AvgIpc) is 2.74. The minimum Gasteiger partial charge on any atom is -0.379 e. The number of carbonyl (C=O) groups is 1. The number of halogens is 2. The summed E-state index contributed by atoms with van der Waals surface area (Å²) in [6.45, 7) is 2.04. The van der Waals surface area contributed by atoms with Gasteiger partial charge in [-0.05, 0) is 18.2 Å². The van der Waals surface area contributed by atoms with E-state index in [-0.39, 0.29) is 17.1 Å². The zero-order valence-electron chi connectivity index (χ0n) is 11.7. The van der Waals surface area contributed by atoms with E-state index in [0.29, 0.717) is 32.0 Å². The molecule has 22 heavy (non-hydrogen) atoms. The van der Waals surface area contributed by atoms with Crippen molar-refractivity contribution < 1.29 is 13.9 Å². The Kier molecular flexibility index (Phi) is 4.35. The molecule has 1 aliphatic heterocycles. The first-order valence-electron chi connectivity index (χ1n) is 6.87. The van der Waals surface area contributed by atoms with Gasteiger partial charge >= 0.3 is 0 Å². The molecule has 0 fully saturated rings. The van der Waals surface area contributed by atoms with E-state index in [9.17, 15) is 9.18 Å². The molecule has 1 aromatic carbocycles. The SMILES string of the molecule is O=C(NCc1nnc2n1CCOCC2)c1cc(F)ccc1Cl. The van der Waals surface area contributed by atoms with Crippen LogP contribution in [0.2, 0.25) is 5.02 Å². The van der Waals surface area contributed by atoms with Crippen LogP contribution in [0.5, 0.6) is 0 Å². The highest BCUT2D eigenvalue weighted by Gasteiger charge is 2.17. The number of aromatic nitrogens is 3. The monoisotopic (exact) mass is 324 g/mol. The van der Waals surface area contributed by atoms with Crippen LogP contribution >= 0.6 is 11.6 Å². The zero-order valence-corrected chi connectivity index (χ0v) is 12.4. The van der Waals surface area contributed by atoms with Gasteiger partial charge < -0.3 is 14.6 Å². The van der Waals surface area contributed by atoms with Gasteiger partial charge in [-0.3, -0.25) is 4.79 Å². The number of hydrogen-bond donors (Lipinski definition) is 1. The third kappa shape index (κ3) is 3.10. The second kappa shape index (κ2) is 6.41. The number of amides is 1. The van der Waals surface area contributed by atoms with E-state index in [1.54, 1.807) is 0 Å². The van der Waals surface area contributed by atoms with Crippen LogP contribution < -0.4 is 5.32 Å². The van der Waals surface area contributed by atoms with E-state index in [4.69, 9.17) is 16.3 Å². The molecule has 8 heteroatoms. The molecule has 0 saturated heterocycles. The molecule has 0 saturated carbocycles. The van der Waals surface area contributed by atoms with Crippen molar-refractivity contribution in [2.75, 3.05) is 13.2 Å². The predicted octanol–water partition coefficient (Wildman–Crippen LogP) is 1.57. The molecule has 0 bridgehead atoms. The first-order chi connectivity index (χ1) is 10.6. The molecule has 2 heterocycles. The van der Waals surface area contributed by atoms with E-state index in [2.05, 4.69) is 15.5 Å². The Hall–Kier alpha value is -1.99. The van der Waals surface area contributed by atoms with Crippen LogP contribution in [0, 0.1) is 5.82 Å². The number of ether oxygens (including phenoxy) is 1. The molecule has 0 unspecified atom stereocenters. The molecule has 3 rings (SSSR count). The lowest BCUT2D eigenvalue weighted by atomic mass is 10.2. The van der Waals surface area contributed by atoms with Gasteiger partial charge in [-0.15, -0.1) is 10.2 Å². The maximum atomic E-state index is 13.2. The van der Waals surface area contributed by atoms with E-state index in [1.165, 1.54) is 12.1 Å². The second-order valence-corrected chi connectivity index (χ2v) is 5.26. The summed E-state index contributed by atoms with van der Waals surface area (Å²) in [4.78, 5) is 12.1.